The molecular weight excluding hydrogens is 424 g/mol. The summed E-state index contributed by atoms with van der Waals surface area (Å²) >= 11 is 0. The number of benzene rings is 2. The van der Waals surface area contributed by atoms with Crippen molar-refractivity contribution in [1.29, 1.82) is 0 Å². The third kappa shape index (κ3) is 7.38. The molecule has 2 atom stereocenters. The molecule has 174 valence electrons. The quantitative estimate of drug-likeness (QED) is 0.199. The maximum absolute atomic E-state index is 13.2. The van der Waals surface area contributed by atoms with E-state index in [-0.39, 0.29) is 11.8 Å². The van der Waals surface area contributed by atoms with Crippen molar-refractivity contribution in [1.82, 2.24) is 0 Å². The van der Waals surface area contributed by atoms with Crippen molar-refractivity contribution in [3.8, 4) is 0 Å². The number of nitrogens with zero attached hydrogens (tertiary/aromatic N) is 6. The predicted molar refractivity (Wildman–Crippen MR) is 137 cm³/mol. The first-order valence-corrected chi connectivity index (χ1v) is 11.8. The lowest BCUT2D eigenvalue weighted by Crippen LogP contribution is -2.32. The van der Waals surface area contributed by atoms with E-state index in [9.17, 15) is 4.79 Å². The highest BCUT2D eigenvalue weighted by Gasteiger charge is 2.34. The van der Waals surface area contributed by atoms with Gasteiger partial charge in [-0.05, 0) is 53.8 Å². The Morgan fingerprint density at radius 1 is 0.824 bits per heavy atom. The van der Waals surface area contributed by atoms with Gasteiger partial charge in [-0.1, -0.05) is 103 Å². The minimum Gasteiger partial charge on any atom is -0.299 e. The summed E-state index contributed by atoms with van der Waals surface area (Å²) in [6, 6.07) is 14.8. The first-order chi connectivity index (χ1) is 16.6. The standard InChI is InChI=1S/C27H30N6O/c1-2-5-22-18-23(8-3-6-20-10-14-25(15-11-20)30-32-28)27(34)24(19-22)9-4-7-21-12-16-26(17-13-21)31-33-29/h3-4,6-7,10-17,22-24H,2,5,8-9,18-19H2,1H3. The Morgan fingerprint density at radius 2 is 1.26 bits per heavy atom. The van der Waals surface area contributed by atoms with Gasteiger partial charge in [0, 0.05) is 33.0 Å². The van der Waals surface area contributed by atoms with Crippen LogP contribution in [0.5, 0.6) is 0 Å². The number of allylic oxidation sites excluding steroid dienone is 2. The van der Waals surface area contributed by atoms with Crippen LogP contribution in [0.3, 0.4) is 0 Å². The van der Waals surface area contributed by atoms with Crippen LogP contribution < -0.4 is 0 Å². The molecule has 2 aromatic rings. The van der Waals surface area contributed by atoms with Gasteiger partial charge in [0.05, 0.1) is 0 Å². The molecule has 7 nitrogen and oxygen atoms in total. The Morgan fingerprint density at radius 3 is 1.65 bits per heavy atom. The second kappa shape index (κ2) is 13.0. The van der Waals surface area contributed by atoms with Crippen LogP contribution in [-0.4, -0.2) is 5.78 Å². The number of carbonyl (C=O) groups is 1. The van der Waals surface area contributed by atoms with E-state index in [1.54, 1.807) is 24.3 Å². The predicted octanol–water partition coefficient (Wildman–Crippen LogP) is 9.09. The highest BCUT2D eigenvalue weighted by atomic mass is 16.1. The number of azide groups is 2. The summed E-state index contributed by atoms with van der Waals surface area (Å²) in [6.45, 7) is 2.21. The van der Waals surface area contributed by atoms with Gasteiger partial charge in [0.2, 0.25) is 0 Å². The maximum Gasteiger partial charge on any atom is 0.139 e. The fraction of sp³-hybridized carbons (Fsp3) is 0.370. The van der Waals surface area contributed by atoms with Crippen molar-refractivity contribution in [3.05, 3.63) is 92.7 Å². The molecule has 2 aromatic carbocycles. The van der Waals surface area contributed by atoms with E-state index in [0.29, 0.717) is 23.1 Å². The Kier molecular flexibility index (Phi) is 9.53. The van der Waals surface area contributed by atoms with Crippen LogP contribution in [0, 0.1) is 17.8 Å². The molecule has 0 N–H and O–H groups in total. The first-order valence-electron chi connectivity index (χ1n) is 11.8. The molecule has 1 saturated carbocycles. The number of hydrogen-bond donors (Lipinski definition) is 0. The maximum atomic E-state index is 13.2. The molecule has 1 fully saturated rings. The molecule has 0 aromatic heterocycles. The van der Waals surface area contributed by atoms with E-state index in [1.807, 2.05) is 36.4 Å². The smallest absolute Gasteiger partial charge is 0.139 e. The van der Waals surface area contributed by atoms with Crippen molar-refractivity contribution >= 4 is 29.3 Å². The summed E-state index contributed by atoms with van der Waals surface area (Å²) in [5.74, 6) is 1.08. The second-order valence-electron chi connectivity index (χ2n) is 8.76. The summed E-state index contributed by atoms with van der Waals surface area (Å²) in [4.78, 5) is 18.8. The van der Waals surface area contributed by atoms with E-state index in [1.165, 1.54) is 0 Å². The monoisotopic (exact) mass is 454 g/mol. The molecule has 0 heterocycles. The van der Waals surface area contributed by atoms with E-state index >= 15 is 0 Å². The average molecular weight is 455 g/mol. The SMILES string of the molecule is CCCC1CC(CC=Cc2ccc(N=[N+]=[N-])cc2)C(=O)C(CC=Cc2ccc(N=[N+]=[N-])cc2)C1. The van der Waals surface area contributed by atoms with Gasteiger partial charge in [-0.25, -0.2) is 0 Å². The third-order valence-corrected chi connectivity index (χ3v) is 6.31. The second-order valence-corrected chi connectivity index (χ2v) is 8.76. The number of Topliss-reactive ketones (excluding diaryl/α,β-unsaturated/α-hetero) is 1. The summed E-state index contributed by atoms with van der Waals surface area (Å²) < 4.78 is 0. The lowest BCUT2D eigenvalue weighted by molar-refractivity contribution is -0.130. The van der Waals surface area contributed by atoms with Gasteiger partial charge in [0.15, 0.2) is 0 Å². The third-order valence-electron chi connectivity index (χ3n) is 6.31. The minimum atomic E-state index is 0.0607. The normalized spacial score (nSPS) is 20.3. The van der Waals surface area contributed by atoms with E-state index in [2.05, 4.69) is 39.1 Å². The lowest BCUT2D eigenvalue weighted by Gasteiger charge is -2.33. The number of ketones is 1. The van der Waals surface area contributed by atoms with Crippen LogP contribution >= 0.6 is 0 Å². The van der Waals surface area contributed by atoms with Crippen molar-refractivity contribution in [2.45, 2.75) is 45.4 Å². The van der Waals surface area contributed by atoms with Crippen LogP contribution in [0.4, 0.5) is 11.4 Å². The van der Waals surface area contributed by atoms with Crippen molar-refractivity contribution in [2.75, 3.05) is 0 Å². The van der Waals surface area contributed by atoms with Gasteiger partial charge in [-0.3, -0.25) is 4.79 Å². The van der Waals surface area contributed by atoms with E-state index < -0.39 is 0 Å². The molecule has 1 aliphatic carbocycles. The Labute approximate surface area is 200 Å². The van der Waals surface area contributed by atoms with E-state index in [0.717, 1.165) is 49.7 Å². The fourth-order valence-corrected chi connectivity index (χ4v) is 4.68. The van der Waals surface area contributed by atoms with Crippen molar-refractivity contribution in [3.63, 3.8) is 0 Å². The molecular formula is C27H30N6O. The molecule has 0 bridgehead atoms. The summed E-state index contributed by atoms with van der Waals surface area (Å²) in [7, 11) is 0. The minimum absolute atomic E-state index is 0.0607. The fourth-order valence-electron chi connectivity index (χ4n) is 4.68. The van der Waals surface area contributed by atoms with Gasteiger partial charge < -0.3 is 0 Å². The zero-order valence-corrected chi connectivity index (χ0v) is 19.5. The molecule has 1 aliphatic rings. The topological polar surface area (TPSA) is 115 Å². The highest BCUT2D eigenvalue weighted by molar-refractivity contribution is 5.84. The largest absolute Gasteiger partial charge is 0.299 e. The average Bonchev–Trinajstić information content (AvgIpc) is 2.84. The van der Waals surface area contributed by atoms with Crippen LogP contribution in [0.1, 0.15) is 56.6 Å². The van der Waals surface area contributed by atoms with Crippen LogP contribution in [0.25, 0.3) is 33.0 Å². The number of carbonyl (C=O) groups excluding carboxylic acids is 1. The zero-order chi connectivity index (χ0) is 24.2. The first kappa shape index (κ1) is 24.8. The van der Waals surface area contributed by atoms with E-state index in [4.69, 9.17) is 11.1 Å². The Hall–Kier alpha value is -3.79. The number of hydrogen-bond acceptors (Lipinski definition) is 3. The van der Waals surface area contributed by atoms with Gasteiger partial charge in [-0.2, -0.15) is 0 Å². The molecule has 0 radical (unpaired) electrons. The summed E-state index contributed by atoms with van der Waals surface area (Å²) in [5.41, 5.74) is 20.3. The lowest BCUT2D eigenvalue weighted by atomic mass is 9.70. The molecule has 0 aliphatic heterocycles. The zero-order valence-electron chi connectivity index (χ0n) is 19.5. The van der Waals surface area contributed by atoms with Gasteiger partial charge in [-0.15, -0.1) is 0 Å². The molecule has 3 rings (SSSR count). The molecule has 2 unspecified atom stereocenters. The van der Waals surface area contributed by atoms with Crippen LogP contribution in [0.15, 0.2) is 70.9 Å². The molecule has 7 heteroatoms. The summed E-state index contributed by atoms with van der Waals surface area (Å²) in [5, 5.41) is 7.18. The number of rotatable bonds is 10. The Balaban J connectivity index is 1.61. The van der Waals surface area contributed by atoms with Gasteiger partial charge >= 0.3 is 0 Å². The van der Waals surface area contributed by atoms with Crippen LogP contribution in [0.2, 0.25) is 0 Å². The Bertz CT molecular complexity index is 1020. The van der Waals surface area contributed by atoms with Gasteiger partial charge in [0.25, 0.3) is 0 Å². The molecule has 0 spiro atoms. The highest BCUT2D eigenvalue weighted by Crippen LogP contribution is 2.37. The van der Waals surface area contributed by atoms with Crippen LogP contribution in [-0.2, 0) is 4.79 Å². The van der Waals surface area contributed by atoms with Crippen molar-refractivity contribution in [2.24, 2.45) is 28.0 Å². The van der Waals surface area contributed by atoms with Crippen molar-refractivity contribution < 1.29 is 4.79 Å². The molecule has 0 saturated heterocycles. The summed E-state index contributed by atoms with van der Waals surface area (Å²) in [6.07, 6.45) is 14.0. The molecule has 0 amide bonds. The van der Waals surface area contributed by atoms with Gasteiger partial charge in [0.1, 0.15) is 5.78 Å². The molecule has 34 heavy (non-hydrogen) atoms.